The number of anilines is 1. The number of amides is 1. The number of hydrogen-bond donors (Lipinski definition) is 1. The maximum atomic E-state index is 12.5. The summed E-state index contributed by atoms with van der Waals surface area (Å²) in [6.07, 6.45) is 0.112. The number of hydrogen-bond acceptors (Lipinski definition) is 2. The van der Waals surface area contributed by atoms with Crippen molar-refractivity contribution in [1.29, 1.82) is 0 Å². The smallest absolute Gasteiger partial charge is 0.265 e. The first-order valence-electron chi connectivity index (χ1n) is 8.02. The van der Waals surface area contributed by atoms with E-state index in [1.54, 1.807) is 0 Å². The number of nitrogens with one attached hydrogen (secondary N) is 1. The molecule has 1 N–H and O–H groups in total. The second kappa shape index (κ2) is 7.32. The molecule has 2 aromatic rings. The van der Waals surface area contributed by atoms with Gasteiger partial charge in [-0.3, -0.25) is 4.79 Å². The number of ether oxygens (including phenoxy) is 1. The topological polar surface area (TPSA) is 38.3 Å². The zero-order valence-corrected chi connectivity index (χ0v) is 14.6. The van der Waals surface area contributed by atoms with Crippen molar-refractivity contribution >= 4 is 11.6 Å². The van der Waals surface area contributed by atoms with Crippen LogP contribution in [0.2, 0.25) is 0 Å². The second-order valence-electron chi connectivity index (χ2n) is 6.09. The molecule has 3 heteroatoms. The largest absolute Gasteiger partial charge is 0.480 e. The van der Waals surface area contributed by atoms with Crippen molar-refractivity contribution in [3.63, 3.8) is 0 Å². The fourth-order valence-electron chi connectivity index (χ4n) is 2.57. The Morgan fingerprint density at radius 3 is 2.17 bits per heavy atom. The van der Waals surface area contributed by atoms with Gasteiger partial charge >= 0.3 is 0 Å². The fourth-order valence-corrected chi connectivity index (χ4v) is 2.57. The first kappa shape index (κ1) is 17.1. The van der Waals surface area contributed by atoms with E-state index in [4.69, 9.17) is 4.74 Å². The van der Waals surface area contributed by atoms with Crippen molar-refractivity contribution in [2.45, 2.75) is 47.1 Å². The quantitative estimate of drug-likeness (QED) is 0.868. The lowest BCUT2D eigenvalue weighted by molar-refractivity contribution is -0.122. The average molecular weight is 311 g/mol. The molecule has 3 nitrogen and oxygen atoms in total. The third-order valence-corrected chi connectivity index (χ3v) is 3.90. The highest BCUT2D eigenvalue weighted by molar-refractivity contribution is 5.95. The normalized spacial score (nSPS) is 11.9. The molecule has 1 atom stereocenters. The summed E-state index contributed by atoms with van der Waals surface area (Å²) < 4.78 is 5.93. The molecule has 0 saturated carbocycles. The highest BCUT2D eigenvalue weighted by atomic mass is 16.5. The summed E-state index contributed by atoms with van der Waals surface area (Å²) >= 11 is 0. The Bertz CT molecular complexity index is 707. The van der Waals surface area contributed by atoms with Crippen LogP contribution in [0.4, 0.5) is 5.69 Å². The van der Waals surface area contributed by atoms with Gasteiger partial charge < -0.3 is 10.1 Å². The maximum absolute atomic E-state index is 12.5. The van der Waals surface area contributed by atoms with Crippen molar-refractivity contribution in [2.24, 2.45) is 0 Å². The van der Waals surface area contributed by atoms with Gasteiger partial charge in [0.1, 0.15) is 5.75 Å². The van der Waals surface area contributed by atoms with Crippen molar-refractivity contribution < 1.29 is 9.53 Å². The molecule has 0 heterocycles. The fraction of sp³-hybridized carbons (Fsp3) is 0.350. The van der Waals surface area contributed by atoms with E-state index < -0.39 is 6.10 Å². The summed E-state index contributed by atoms with van der Waals surface area (Å²) in [5.41, 5.74) is 5.30. The van der Waals surface area contributed by atoms with Crippen LogP contribution in [0.15, 0.2) is 36.4 Å². The summed E-state index contributed by atoms with van der Waals surface area (Å²) in [5, 5.41) is 2.98. The molecule has 0 radical (unpaired) electrons. The summed E-state index contributed by atoms with van der Waals surface area (Å²) in [6, 6.07) is 12.0. The SMILES string of the molecule is CCC(Oc1ccc(C)cc1C)C(=O)Nc1ccc(C)cc1C. The molecule has 2 rings (SSSR count). The van der Waals surface area contributed by atoms with Gasteiger partial charge in [-0.05, 0) is 57.4 Å². The highest BCUT2D eigenvalue weighted by Gasteiger charge is 2.20. The Morgan fingerprint density at radius 2 is 1.61 bits per heavy atom. The van der Waals surface area contributed by atoms with Crippen LogP contribution in [0.25, 0.3) is 0 Å². The van der Waals surface area contributed by atoms with Crippen LogP contribution in [0.1, 0.15) is 35.6 Å². The Kier molecular flexibility index (Phi) is 5.43. The van der Waals surface area contributed by atoms with Gasteiger partial charge in [-0.1, -0.05) is 42.3 Å². The summed E-state index contributed by atoms with van der Waals surface area (Å²) in [6.45, 7) is 10.0. The van der Waals surface area contributed by atoms with E-state index in [-0.39, 0.29) is 5.91 Å². The maximum Gasteiger partial charge on any atom is 0.265 e. The molecular weight excluding hydrogens is 286 g/mol. The molecule has 23 heavy (non-hydrogen) atoms. The molecule has 2 aromatic carbocycles. The summed E-state index contributed by atoms with van der Waals surface area (Å²) in [5.74, 6) is 0.651. The molecular formula is C20H25NO2. The molecule has 0 bridgehead atoms. The van der Waals surface area contributed by atoms with E-state index >= 15 is 0 Å². The minimum atomic E-state index is -0.503. The highest BCUT2D eigenvalue weighted by Crippen LogP contribution is 2.22. The molecule has 122 valence electrons. The number of carbonyl (C=O) groups excluding carboxylic acids is 1. The number of aryl methyl sites for hydroxylation is 4. The Hall–Kier alpha value is -2.29. The molecule has 1 unspecified atom stereocenters. The predicted octanol–water partition coefficient (Wildman–Crippen LogP) is 4.72. The molecule has 0 aliphatic rings. The van der Waals surface area contributed by atoms with Gasteiger partial charge in [-0.15, -0.1) is 0 Å². The van der Waals surface area contributed by atoms with Gasteiger partial charge in [0, 0.05) is 5.69 Å². The van der Waals surface area contributed by atoms with Crippen LogP contribution in [0, 0.1) is 27.7 Å². The lowest BCUT2D eigenvalue weighted by atomic mass is 10.1. The molecule has 1 amide bonds. The van der Waals surface area contributed by atoms with Crippen molar-refractivity contribution in [3.8, 4) is 5.75 Å². The van der Waals surface area contributed by atoms with Crippen LogP contribution in [0.5, 0.6) is 5.75 Å². The van der Waals surface area contributed by atoms with E-state index in [9.17, 15) is 4.79 Å². The Balaban J connectivity index is 2.12. The number of carbonyl (C=O) groups is 1. The van der Waals surface area contributed by atoms with Crippen molar-refractivity contribution in [3.05, 3.63) is 58.7 Å². The third kappa shape index (κ3) is 4.35. The lowest BCUT2D eigenvalue weighted by Crippen LogP contribution is -2.32. The van der Waals surface area contributed by atoms with E-state index in [0.717, 1.165) is 22.6 Å². The van der Waals surface area contributed by atoms with Crippen LogP contribution in [-0.4, -0.2) is 12.0 Å². The van der Waals surface area contributed by atoms with Gasteiger partial charge in [0.25, 0.3) is 5.91 Å². The Morgan fingerprint density at radius 1 is 1.00 bits per heavy atom. The van der Waals surface area contributed by atoms with E-state index in [0.29, 0.717) is 6.42 Å². The van der Waals surface area contributed by atoms with Gasteiger partial charge in [-0.2, -0.15) is 0 Å². The van der Waals surface area contributed by atoms with E-state index in [1.165, 1.54) is 11.1 Å². The minimum Gasteiger partial charge on any atom is -0.480 e. The van der Waals surface area contributed by atoms with Crippen LogP contribution < -0.4 is 10.1 Å². The van der Waals surface area contributed by atoms with Gasteiger partial charge in [0.2, 0.25) is 0 Å². The van der Waals surface area contributed by atoms with Gasteiger partial charge in [0.05, 0.1) is 0 Å². The molecule has 0 saturated heterocycles. The zero-order valence-electron chi connectivity index (χ0n) is 14.6. The van der Waals surface area contributed by atoms with Crippen LogP contribution in [-0.2, 0) is 4.79 Å². The lowest BCUT2D eigenvalue weighted by Gasteiger charge is -2.19. The second-order valence-corrected chi connectivity index (χ2v) is 6.09. The zero-order chi connectivity index (χ0) is 17.0. The average Bonchev–Trinajstić information content (AvgIpc) is 2.49. The molecule has 0 aromatic heterocycles. The molecule has 0 aliphatic carbocycles. The third-order valence-electron chi connectivity index (χ3n) is 3.90. The van der Waals surface area contributed by atoms with Gasteiger partial charge in [0.15, 0.2) is 6.10 Å². The number of benzene rings is 2. The minimum absolute atomic E-state index is 0.112. The molecule has 0 aliphatic heterocycles. The standard InChI is InChI=1S/C20H25NO2/c1-6-18(23-19-10-8-14(3)12-16(19)5)20(22)21-17-9-7-13(2)11-15(17)4/h7-12,18H,6H2,1-5H3,(H,21,22). The van der Waals surface area contributed by atoms with Crippen LogP contribution >= 0.6 is 0 Å². The summed E-state index contributed by atoms with van der Waals surface area (Å²) in [7, 11) is 0. The van der Waals surface area contributed by atoms with Crippen molar-refractivity contribution in [2.75, 3.05) is 5.32 Å². The van der Waals surface area contributed by atoms with Crippen LogP contribution in [0.3, 0.4) is 0 Å². The Labute approximate surface area is 138 Å². The van der Waals surface area contributed by atoms with E-state index in [1.807, 2.05) is 58.9 Å². The molecule has 0 fully saturated rings. The first-order chi connectivity index (χ1) is 10.9. The molecule has 0 spiro atoms. The number of rotatable bonds is 5. The first-order valence-corrected chi connectivity index (χ1v) is 8.02. The van der Waals surface area contributed by atoms with Gasteiger partial charge in [-0.25, -0.2) is 0 Å². The van der Waals surface area contributed by atoms with E-state index in [2.05, 4.69) is 17.4 Å². The predicted molar refractivity (Wildman–Crippen MR) is 95.2 cm³/mol. The summed E-state index contributed by atoms with van der Waals surface area (Å²) in [4.78, 5) is 12.5. The monoisotopic (exact) mass is 311 g/mol. The van der Waals surface area contributed by atoms with Crippen molar-refractivity contribution in [1.82, 2.24) is 0 Å².